The van der Waals surface area contributed by atoms with Crippen molar-refractivity contribution < 1.29 is 18.3 Å². The average molecular weight is 302 g/mol. The van der Waals surface area contributed by atoms with Crippen LogP contribution in [0, 0.1) is 5.92 Å². The van der Waals surface area contributed by atoms with Crippen molar-refractivity contribution in [3.8, 4) is 0 Å². The Balaban J connectivity index is 2.89. The van der Waals surface area contributed by atoms with E-state index in [9.17, 15) is 13.2 Å². The number of nitrogens with one attached hydrogen (secondary N) is 1. The van der Waals surface area contributed by atoms with Gasteiger partial charge < -0.3 is 9.67 Å². The molecule has 0 amide bonds. The van der Waals surface area contributed by atoms with Gasteiger partial charge in [-0.1, -0.05) is 20.3 Å². The molecule has 0 fully saturated rings. The third-order valence-electron chi connectivity index (χ3n) is 3.32. The van der Waals surface area contributed by atoms with E-state index in [4.69, 9.17) is 5.11 Å². The molecule has 0 saturated heterocycles. The van der Waals surface area contributed by atoms with Gasteiger partial charge in [-0.25, -0.2) is 17.9 Å². The number of carbonyl (C=O) groups is 1. The molecule has 7 heteroatoms. The zero-order chi connectivity index (χ0) is 15.5. The molecule has 0 bridgehead atoms. The SMILES string of the molecule is CCC(C)CC(C)NS(=O)(=O)c1cc(C(=O)O)n(C)c1. The van der Waals surface area contributed by atoms with Crippen LogP contribution in [0.3, 0.4) is 0 Å². The summed E-state index contributed by atoms with van der Waals surface area (Å²) in [7, 11) is -2.18. The van der Waals surface area contributed by atoms with Crippen LogP contribution in [-0.2, 0) is 17.1 Å². The van der Waals surface area contributed by atoms with Crippen LogP contribution in [0.2, 0.25) is 0 Å². The molecular weight excluding hydrogens is 280 g/mol. The Morgan fingerprint density at radius 2 is 2.05 bits per heavy atom. The second-order valence-electron chi connectivity index (χ2n) is 5.25. The summed E-state index contributed by atoms with van der Waals surface area (Å²) < 4.78 is 28.2. The quantitative estimate of drug-likeness (QED) is 0.804. The Hall–Kier alpha value is -1.34. The van der Waals surface area contributed by atoms with Crippen molar-refractivity contribution >= 4 is 16.0 Å². The average Bonchev–Trinajstić information content (AvgIpc) is 2.71. The van der Waals surface area contributed by atoms with Crippen molar-refractivity contribution in [1.29, 1.82) is 0 Å². The zero-order valence-corrected chi connectivity index (χ0v) is 13.1. The van der Waals surface area contributed by atoms with E-state index in [0.29, 0.717) is 5.92 Å². The molecule has 1 aromatic rings. The third-order valence-corrected chi connectivity index (χ3v) is 4.87. The Kier molecular flexibility index (Phi) is 5.35. The molecule has 114 valence electrons. The lowest BCUT2D eigenvalue weighted by molar-refractivity contribution is 0.0686. The summed E-state index contributed by atoms with van der Waals surface area (Å²) in [5.41, 5.74) is -0.0556. The highest BCUT2D eigenvalue weighted by atomic mass is 32.2. The molecular formula is C13H22N2O4S. The number of aryl methyl sites for hydroxylation is 1. The number of sulfonamides is 1. The van der Waals surface area contributed by atoms with E-state index in [1.165, 1.54) is 23.9 Å². The van der Waals surface area contributed by atoms with Gasteiger partial charge in [0.15, 0.2) is 0 Å². The van der Waals surface area contributed by atoms with Crippen molar-refractivity contribution in [2.45, 2.75) is 44.6 Å². The maximum atomic E-state index is 12.2. The molecule has 0 aromatic carbocycles. The summed E-state index contributed by atoms with van der Waals surface area (Å²) in [6.45, 7) is 5.93. The smallest absolute Gasteiger partial charge is 0.352 e. The highest BCUT2D eigenvalue weighted by Crippen LogP contribution is 2.16. The van der Waals surface area contributed by atoms with Crippen LogP contribution in [0.25, 0.3) is 0 Å². The van der Waals surface area contributed by atoms with E-state index in [0.717, 1.165) is 12.8 Å². The first-order valence-corrected chi connectivity index (χ1v) is 8.07. The van der Waals surface area contributed by atoms with E-state index in [1.807, 2.05) is 6.92 Å². The molecule has 0 aliphatic carbocycles. The van der Waals surface area contributed by atoms with Gasteiger partial charge >= 0.3 is 5.97 Å². The summed E-state index contributed by atoms with van der Waals surface area (Å²) in [4.78, 5) is 10.9. The first kappa shape index (κ1) is 16.7. The van der Waals surface area contributed by atoms with Gasteiger partial charge in [-0.05, 0) is 25.3 Å². The maximum absolute atomic E-state index is 12.2. The number of aromatic carboxylic acids is 1. The fraction of sp³-hybridized carbons (Fsp3) is 0.615. The topological polar surface area (TPSA) is 88.4 Å². The Labute approximate surface area is 119 Å². The van der Waals surface area contributed by atoms with Gasteiger partial charge in [0.25, 0.3) is 0 Å². The number of rotatable bonds is 7. The van der Waals surface area contributed by atoms with Crippen molar-refractivity contribution in [3.05, 3.63) is 18.0 Å². The summed E-state index contributed by atoms with van der Waals surface area (Å²) in [6.07, 6.45) is 3.04. The van der Waals surface area contributed by atoms with Gasteiger partial charge in [0.2, 0.25) is 10.0 Å². The first-order valence-electron chi connectivity index (χ1n) is 6.59. The molecule has 2 N–H and O–H groups in total. The Morgan fingerprint density at radius 3 is 2.50 bits per heavy atom. The van der Waals surface area contributed by atoms with Gasteiger partial charge in [-0.15, -0.1) is 0 Å². The van der Waals surface area contributed by atoms with E-state index in [1.54, 1.807) is 0 Å². The largest absolute Gasteiger partial charge is 0.477 e. The second kappa shape index (κ2) is 6.41. The summed E-state index contributed by atoms with van der Waals surface area (Å²) in [6, 6.07) is 0.976. The van der Waals surface area contributed by atoms with Crippen molar-refractivity contribution in [3.63, 3.8) is 0 Å². The van der Waals surface area contributed by atoms with E-state index < -0.39 is 16.0 Å². The van der Waals surface area contributed by atoms with Crippen LogP contribution >= 0.6 is 0 Å². The lowest BCUT2D eigenvalue weighted by Crippen LogP contribution is -2.33. The lowest BCUT2D eigenvalue weighted by Gasteiger charge is -2.17. The molecule has 0 radical (unpaired) electrons. The summed E-state index contributed by atoms with van der Waals surface area (Å²) in [5.74, 6) is -0.723. The fourth-order valence-corrected chi connectivity index (χ4v) is 3.37. The minimum atomic E-state index is -3.68. The molecule has 0 aliphatic rings. The summed E-state index contributed by atoms with van der Waals surface area (Å²) in [5, 5.41) is 8.94. The Bertz CT molecular complexity index is 577. The van der Waals surface area contributed by atoms with Crippen molar-refractivity contribution in [1.82, 2.24) is 9.29 Å². The highest BCUT2D eigenvalue weighted by Gasteiger charge is 2.22. The first-order chi connectivity index (χ1) is 9.17. The number of hydrogen-bond donors (Lipinski definition) is 2. The number of carboxylic acid groups (broad SMARTS) is 1. The minimum absolute atomic E-state index is 0.0200. The normalized spacial score (nSPS) is 15.0. The van der Waals surface area contributed by atoms with Gasteiger partial charge in [0, 0.05) is 19.3 Å². The lowest BCUT2D eigenvalue weighted by atomic mass is 10.0. The van der Waals surface area contributed by atoms with Gasteiger partial charge in [-0.3, -0.25) is 0 Å². The molecule has 1 heterocycles. The molecule has 6 nitrogen and oxygen atoms in total. The van der Waals surface area contributed by atoms with E-state index >= 15 is 0 Å². The maximum Gasteiger partial charge on any atom is 0.352 e. The molecule has 0 saturated carbocycles. The third kappa shape index (κ3) is 4.08. The standard InChI is InChI=1S/C13H22N2O4S/c1-5-9(2)6-10(3)14-20(18,19)11-7-12(13(16)17)15(4)8-11/h7-10,14H,5-6H2,1-4H3,(H,16,17). The molecule has 2 atom stereocenters. The number of aromatic nitrogens is 1. The number of carboxylic acids is 1. The highest BCUT2D eigenvalue weighted by molar-refractivity contribution is 7.89. The van der Waals surface area contributed by atoms with E-state index in [-0.39, 0.29) is 16.6 Å². The van der Waals surface area contributed by atoms with Crippen LogP contribution in [0.1, 0.15) is 44.1 Å². The number of hydrogen-bond acceptors (Lipinski definition) is 3. The van der Waals surface area contributed by atoms with Gasteiger partial charge in [0.05, 0.1) is 0 Å². The van der Waals surface area contributed by atoms with Crippen molar-refractivity contribution in [2.24, 2.45) is 13.0 Å². The number of nitrogens with zero attached hydrogens (tertiary/aromatic N) is 1. The molecule has 0 aliphatic heterocycles. The Morgan fingerprint density at radius 1 is 1.45 bits per heavy atom. The minimum Gasteiger partial charge on any atom is -0.477 e. The zero-order valence-electron chi connectivity index (χ0n) is 12.3. The molecule has 1 rings (SSSR count). The van der Waals surface area contributed by atoms with Gasteiger partial charge in [0.1, 0.15) is 10.6 Å². The van der Waals surface area contributed by atoms with Crippen LogP contribution in [0.4, 0.5) is 0 Å². The monoisotopic (exact) mass is 302 g/mol. The molecule has 2 unspecified atom stereocenters. The van der Waals surface area contributed by atoms with E-state index in [2.05, 4.69) is 18.6 Å². The second-order valence-corrected chi connectivity index (χ2v) is 6.96. The predicted molar refractivity (Wildman–Crippen MR) is 76.2 cm³/mol. The molecule has 0 spiro atoms. The predicted octanol–water partition coefficient (Wildman–Crippen LogP) is 1.83. The summed E-state index contributed by atoms with van der Waals surface area (Å²) >= 11 is 0. The van der Waals surface area contributed by atoms with Crippen LogP contribution in [0.15, 0.2) is 17.2 Å². The van der Waals surface area contributed by atoms with Crippen LogP contribution in [-0.4, -0.2) is 30.1 Å². The molecule has 1 aromatic heterocycles. The fourth-order valence-electron chi connectivity index (χ4n) is 2.05. The van der Waals surface area contributed by atoms with Gasteiger partial charge in [-0.2, -0.15) is 0 Å². The van der Waals surface area contributed by atoms with Crippen LogP contribution in [0.5, 0.6) is 0 Å². The van der Waals surface area contributed by atoms with Crippen molar-refractivity contribution in [2.75, 3.05) is 0 Å². The van der Waals surface area contributed by atoms with Crippen LogP contribution < -0.4 is 4.72 Å². The molecule has 20 heavy (non-hydrogen) atoms.